The van der Waals surface area contributed by atoms with Crippen LogP contribution in [0.25, 0.3) is 0 Å². The van der Waals surface area contributed by atoms with Gasteiger partial charge in [0.15, 0.2) is 0 Å². The molecule has 0 saturated carbocycles. The highest BCUT2D eigenvalue weighted by Crippen LogP contribution is 2.44. The van der Waals surface area contributed by atoms with E-state index in [1.165, 1.54) is 43.5 Å². The zero-order valence-corrected chi connectivity index (χ0v) is 15.1. The van der Waals surface area contributed by atoms with Crippen molar-refractivity contribution < 1.29 is 5.11 Å². The first-order valence-corrected chi connectivity index (χ1v) is 9.73. The molecule has 3 aliphatic heterocycles. The second kappa shape index (κ2) is 6.93. The molecule has 0 aromatic heterocycles. The second-order valence-corrected chi connectivity index (χ2v) is 7.95. The SMILES string of the molecule is CC(O)C(CC1CC2CCN1CC2)(c1ccccc1)c1ccccc1. The molecule has 25 heavy (non-hydrogen) atoms. The van der Waals surface area contributed by atoms with Crippen LogP contribution in [0.2, 0.25) is 0 Å². The first kappa shape index (κ1) is 16.8. The van der Waals surface area contributed by atoms with Gasteiger partial charge < -0.3 is 10.0 Å². The third-order valence-corrected chi connectivity index (χ3v) is 6.62. The smallest absolute Gasteiger partial charge is 0.0649 e. The molecule has 2 atom stereocenters. The van der Waals surface area contributed by atoms with Crippen molar-refractivity contribution in [3.05, 3.63) is 71.8 Å². The van der Waals surface area contributed by atoms with Gasteiger partial charge in [-0.1, -0.05) is 60.7 Å². The zero-order chi connectivity index (χ0) is 17.3. The molecule has 3 fully saturated rings. The van der Waals surface area contributed by atoms with Gasteiger partial charge in [-0.25, -0.2) is 0 Å². The Bertz CT molecular complexity index is 634. The van der Waals surface area contributed by atoms with Crippen LogP contribution in [0.1, 0.15) is 43.7 Å². The lowest BCUT2D eigenvalue weighted by Gasteiger charge is -2.50. The number of rotatable bonds is 5. The van der Waals surface area contributed by atoms with Crippen molar-refractivity contribution in [2.45, 2.75) is 50.2 Å². The van der Waals surface area contributed by atoms with Gasteiger partial charge in [0.2, 0.25) is 0 Å². The minimum absolute atomic E-state index is 0.343. The molecule has 2 nitrogen and oxygen atoms in total. The Morgan fingerprint density at radius 1 is 0.960 bits per heavy atom. The third-order valence-electron chi connectivity index (χ3n) is 6.62. The van der Waals surface area contributed by atoms with Crippen molar-refractivity contribution in [3.8, 4) is 0 Å². The third kappa shape index (κ3) is 3.02. The zero-order valence-electron chi connectivity index (χ0n) is 15.1. The summed E-state index contributed by atoms with van der Waals surface area (Å²) in [5.74, 6) is 0.883. The summed E-state index contributed by atoms with van der Waals surface area (Å²) >= 11 is 0. The molecule has 1 N–H and O–H groups in total. The van der Waals surface area contributed by atoms with E-state index in [-0.39, 0.29) is 5.41 Å². The molecule has 2 unspecified atom stereocenters. The summed E-state index contributed by atoms with van der Waals surface area (Å²) in [6.45, 7) is 4.43. The molecular formula is C23H29NO. The fraction of sp³-hybridized carbons (Fsp3) is 0.478. The molecule has 3 aliphatic rings. The minimum Gasteiger partial charge on any atom is -0.392 e. The van der Waals surface area contributed by atoms with Crippen molar-refractivity contribution in [2.75, 3.05) is 13.1 Å². The Morgan fingerprint density at radius 2 is 1.48 bits per heavy atom. The summed E-state index contributed by atoms with van der Waals surface area (Å²) in [7, 11) is 0. The van der Waals surface area contributed by atoms with Crippen LogP contribution in [0.4, 0.5) is 0 Å². The van der Waals surface area contributed by atoms with Gasteiger partial charge in [0, 0.05) is 11.5 Å². The van der Waals surface area contributed by atoms with Gasteiger partial charge in [-0.15, -0.1) is 0 Å². The Balaban J connectivity index is 1.78. The number of nitrogens with zero attached hydrogens (tertiary/aromatic N) is 1. The van der Waals surface area contributed by atoms with Crippen molar-refractivity contribution >= 4 is 0 Å². The van der Waals surface area contributed by atoms with Gasteiger partial charge in [-0.2, -0.15) is 0 Å². The van der Waals surface area contributed by atoms with E-state index >= 15 is 0 Å². The van der Waals surface area contributed by atoms with Crippen molar-refractivity contribution in [3.63, 3.8) is 0 Å². The Morgan fingerprint density at radius 3 is 1.88 bits per heavy atom. The molecule has 3 saturated heterocycles. The number of hydrogen-bond donors (Lipinski definition) is 1. The summed E-state index contributed by atoms with van der Waals surface area (Å²) in [4.78, 5) is 2.67. The minimum atomic E-state index is -0.432. The number of benzene rings is 2. The predicted molar refractivity (Wildman–Crippen MR) is 103 cm³/mol. The van der Waals surface area contributed by atoms with Crippen LogP contribution in [0.15, 0.2) is 60.7 Å². The van der Waals surface area contributed by atoms with Gasteiger partial charge in [0.1, 0.15) is 0 Å². The van der Waals surface area contributed by atoms with E-state index in [1.807, 2.05) is 6.92 Å². The van der Waals surface area contributed by atoms with E-state index in [1.54, 1.807) is 0 Å². The van der Waals surface area contributed by atoms with Crippen LogP contribution >= 0.6 is 0 Å². The van der Waals surface area contributed by atoms with Crippen LogP contribution in [0, 0.1) is 5.92 Å². The van der Waals surface area contributed by atoms with Gasteiger partial charge in [-0.3, -0.25) is 0 Å². The molecule has 5 rings (SSSR count). The first-order chi connectivity index (χ1) is 12.2. The summed E-state index contributed by atoms with van der Waals surface area (Å²) in [5.41, 5.74) is 2.13. The molecule has 0 aliphatic carbocycles. The number of hydrogen-bond acceptors (Lipinski definition) is 2. The fourth-order valence-electron chi connectivity index (χ4n) is 5.20. The highest BCUT2D eigenvalue weighted by Gasteiger charge is 2.44. The van der Waals surface area contributed by atoms with Crippen LogP contribution < -0.4 is 0 Å². The molecule has 0 radical (unpaired) electrons. The van der Waals surface area contributed by atoms with Crippen LogP contribution in [0.3, 0.4) is 0 Å². The highest BCUT2D eigenvalue weighted by molar-refractivity contribution is 5.41. The van der Waals surface area contributed by atoms with E-state index in [4.69, 9.17) is 0 Å². The lowest BCUT2D eigenvalue weighted by molar-refractivity contribution is 0.0159. The van der Waals surface area contributed by atoms with Crippen molar-refractivity contribution in [2.24, 2.45) is 5.92 Å². The number of fused-ring (bicyclic) bond motifs is 3. The molecule has 3 heterocycles. The van der Waals surface area contributed by atoms with Gasteiger partial charge >= 0.3 is 0 Å². The molecule has 0 amide bonds. The van der Waals surface area contributed by atoms with Crippen molar-refractivity contribution in [1.82, 2.24) is 4.90 Å². The lowest BCUT2D eigenvalue weighted by Crippen LogP contribution is -2.53. The van der Waals surface area contributed by atoms with Gasteiger partial charge in [-0.05, 0) is 62.7 Å². The van der Waals surface area contributed by atoms with Gasteiger partial charge in [0.25, 0.3) is 0 Å². The molecule has 2 heteroatoms. The van der Waals surface area contributed by atoms with E-state index in [0.29, 0.717) is 6.04 Å². The molecule has 2 aromatic carbocycles. The summed E-state index contributed by atoms with van der Waals surface area (Å²) in [6.07, 6.45) is 4.56. The number of aliphatic hydroxyl groups is 1. The fourth-order valence-corrected chi connectivity index (χ4v) is 5.20. The highest BCUT2D eigenvalue weighted by atomic mass is 16.3. The molecule has 0 spiro atoms. The lowest BCUT2D eigenvalue weighted by atomic mass is 9.65. The monoisotopic (exact) mass is 335 g/mol. The molecule has 2 aromatic rings. The summed E-state index contributed by atoms with van der Waals surface area (Å²) < 4.78 is 0. The maximum Gasteiger partial charge on any atom is 0.0649 e. The quantitative estimate of drug-likeness (QED) is 0.884. The van der Waals surface area contributed by atoms with Crippen LogP contribution in [-0.2, 0) is 5.41 Å². The van der Waals surface area contributed by atoms with E-state index in [2.05, 4.69) is 65.6 Å². The second-order valence-electron chi connectivity index (χ2n) is 7.95. The van der Waals surface area contributed by atoms with Gasteiger partial charge in [0.05, 0.1) is 6.10 Å². The standard InChI is InChI=1S/C23H29NO/c1-18(25)23(20-8-4-2-5-9-20,21-10-6-3-7-11-21)17-22-16-19-12-14-24(22)15-13-19/h2-11,18-19,22,25H,12-17H2,1H3. The summed E-state index contributed by atoms with van der Waals surface area (Å²) in [5, 5.41) is 11.1. The summed E-state index contributed by atoms with van der Waals surface area (Å²) in [6, 6.07) is 21.9. The Kier molecular flexibility index (Phi) is 4.66. The molecular weight excluding hydrogens is 306 g/mol. The predicted octanol–water partition coefficient (Wildman–Crippen LogP) is 4.23. The normalized spacial score (nSPS) is 27.2. The van der Waals surface area contributed by atoms with E-state index in [0.717, 1.165) is 12.3 Å². The number of piperidine rings is 3. The van der Waals surface area contributed by atoms with E-state index in [9.17, 15) is 5.11 Å². The maximum absolute atomic E-state index is 11.1. The maximum atomic E-state index is 11.1. The van der Waals surface area contributed by atoms with E-state index < -0.39 is 6.10 Å². The largest absolute Gasteiger partial charge is 0.392 e. The first-order valence-electron chi connectivity index (χ1n) is 9.73. The molecule has 132 valence electrons. The van der Waals surface area contributed by atoms with Crippen molar-refractivity contribution in [1.29, 1.82) is 0 Å². The van der Waals surface area contributed by atoms with Crippen LogP contribution in [-0.4, -0.2) is 35.2 Å². The number of aliphatic hydroxyl groups excluding tert-OH is 1. The Hall–Kier alpha value is -1.64. The topological polar surface area (TPSA) is 23.5 Å². The molecule has 2 bridgehead atoms. The average Bonchev–Trinajstić information content (AvgIpc) is 2.68. The average molecular weight is 335 g/mol. The Labute approximate surface area is 151 Å². The van der Waals surface area contributed by atoms with Crippen LogP contribution in [0.5, 0.6) is 0 Å².